The molecule has 4 atom stereocenters. The first-order valence-electron chi connectivity index (χ1n) is 17.2. The summed E-state index contributed by atoms with van der Waals surface area (Å²) in [5.74, 6) is -6.66. The number of carbonyl (C=O) groups is 8. The molecule has 0 saturated carbocycles. The molecule has 0 bridgehead atoms. The number of aromatic nitrogens is 8. The molecule has 4 rings (SSSR count). The number of imidazole rings is 4. The second-order valence-electron chi connectivity index (χ2n) is 12.3. The number of amides is 7. The van der Waals surface area contributed by atoms with Crippen LogP contribution in [0.2, 0.25) is 0 Å². The Morgan fingerprint density at radius 1 is 0.491 bits per heavy atom. The maximum Gasteiger partial charge on any atom is 0.326 e. The molecular formula is C32H42N16O9. The van der Waals surface area contributed by atoms with Crippen LogP contribution in [0, 0.1) is 0 Å². The third-order valence-corrected chi connectivity index (χ3v) is 7.96. The van der Waals surface area contributed by atoms with Gasteiger partial charge in [0.05, 0.1) is 51.5 Å². The summed E-state index contributed by atoms with van der Waals surface area (Å²) in [6.07, 6.45) is 10.9. The number of carboxylic acid groups (broad SMARTS) is 1. The van der Waals surface area contributed by atoms with Crippen LogP contribution in [-0.2, 0) is 64.0 Å². The lowest BCUT2D eigenvalue weighted by Crippen LogP contribution is -2.55. The van der Waals surface area contributed by atoms with Gasteiger partial charge in [-0.2, -0.15) is 0 Å². The topological polar surface area (TPSA) is 382 Å². The van der Waals surface area contributed by atoms with E-state index in [1.807, 2.05) is 0 Å². The number of carboxylic acids is 1. The number of H-pyrrole nitrogens is 4. The van der Waals surface area contributed by atoms with Crippen LogP contribution in [0.25, 0.3) is 0 Å². The minimum absolute atomic E-state index is 0.0202. The maximum atomic E-state index is 13.3. The van der Waals surface area contributed by atoms with E-state index in [1.165, 1.54) is 50.1 Å². The Morgan fingerprint density at radius 3 is 1.04 bits per heavy atom. The number of nitrogens with two attached hydrogens (primary N) is 1. The maximum absolute atomic E-state index is 13.3. The molecule has 25 nitrogen and oxygen atoms in total. The summed E-state index contributed by atoms with van der Waals surface area (Å²) in [6, 6.07) is -4.97. The van der Waals surface area contributed by atoms with Gasteiger partial charge in [-0.25, -0.2) is 24.7 Å². The van der Waals surface area contributed by atoms with Crippen LogP contribution >= 0.6 is 0 Å². The lowest BCUT2D eigenvalue weighted by Gasteiger charge is -2.21. The minimum Gasteiger partial charge on any atom is -0.480 e. The zero-order chi connectivity index (χ0) is 41.2. The van der Waals surface area contributed by atoms with Crippen LogP contribution in [-0.4, -0.2) is 143 Å². The average Bonchev–Trinajstić information content (AvgIpc) is 4.04. The Balaban J connectivity index is 1.32. The molecule has 57 heavy (non-hydrogen) atoms. The van der Waals surface area contributed by atoms with E-state index in [-0.39, 0.29) is 32.2 Å². The molecule has 0 aliphatic heterocycles. The molecule has 0 aliphatic carbocycles. The summed E-state index contributed by atoms with van der Waals surface area (Å²) < 4.78 is 0. The number of aliphatic carboxylic acids is 1. The van der Waals surface area contributed by atoms with Crippen molar-refractivity contribution in [3.63, 3.8) is 0 Å². The predicted molar refractivity (Wildman–Crippen MR) is 193 cm³/mol. The van der Waals surface area contributed by atoms with Crippen molar-refractivity contribution in [3.8, 4) is 0 Å². The predicted octanol–water partition coefficient (Wildman–Crippen LogP) is -5.82. The average molecular weight is 795 g/mol. The van der Waals surface area contributed by atoms with Crippen molar-refractivity contribution in [2.24, 2.45) is 5.73 Å². The number of rotatable bonds is 23. The Morgan fingerprint density at radius 2 is 0.772 bits per heavy atom. The molecule has 0 aromatic carbocycles. The first kappa shape index (κ1) is 42.3. The lowest BCUT2D eigenvalue weighted by molar-refractivity contribution is -0.141. The second-order valence-corrected chi connectivity index (χ2v) is 12.3. The largest absolute Gasteiger partial charge is 0.480 e. The molecule has 7 amide bonds. The Labute approximate surface area is 322 Å². The van der Waals surface area contributed by atoms with E-state index in [2.05, 4.69) is 77.1 Å². The Bertz CT molecular complexity index is 1930. The molecule has 0 saturated heterocycles. The van der Waals surface area contributed by atoms with E-state index in [0.717, 1.165) is 0 Å². The van der Waals surface area contributed by atoms with Gasteiger partial charge in [0.15, 0.2) is 0 Å². The first-order valence-corrected chi connectivity index (χ1v) is 17.2. The van der Waals surface area contributed by atoms with E-state index in [0.29, 0.717) is 22.8 Å². The standard InChI is InChI=1S/C32H42N16O9/c33-5-25(49)45-21(1-17-6-34-13-41-17)29(53)38-10-26(50)46-22(2-18-7-35-14-42-18)30(54)39-11-27(51)47-23(3-19-8-36-15-43-19)31(55)40-12-28(52)48-24(32(56)57)4-20-9-37-16-44-20/h6-9,13-16,21-24H,1-5,10-12,33H2,(H,34,41)(H,35,42)(H,36,43)(H,37,44)(H,38,53)(H,39,54)(H,40,55)(H,45,49)(H,46,50)(H,47,51)(H,48,52)(H,56,57). The van der Waals surface area contributed by atoms with Crippen LogP contribution in [0.3, 0.4) is 0 Å². The smallest absolute Gasteiger partial charge is 0.326 e. The molecule has 4 unspecified atom stereocenters. The Kier molecular flexibility index (Phi) is 15.9. The first-order chi connectivity index (χ1) is 27.4. The van der Waals surface area contributed by atoms with Crippen LogP contribution in [0.4, 0.5) is 0 Å². The van der Waals surface area contributed by atoms with Gasteiger partial charge >= 0.3 is 5.97 Å². The molecule has 0 fully saturated rings. The van der Waals surface area contributed by atoms with Crippen LogP contribution in [0.15, 0.2) is 50.1 Å². The van der Waals surface area contributed by atoms with E-state index >= 15 is 0 Å². The van der Waals surface area contributed by atoms with Crippen molar-refractivity contribution in [3.05, 3.63) is 72.9 Å². The highest BCUT2D eigenvalue weighted by Gasteiger charge is 2.28. The summed E-state index contributed by atoms with van der Waals surface area (Å²) in [7, 11) is 0. The zero-order valence-electron chi connectivity index (χ0n) is 30.2. The summed E-state index contributed by atoms with van der Waals surface area (Å²) in [5, 5.41) is 26.4. The second kappa shape index (κ2) is 21.4. The molecule has 0 aliphatic rings. The van der Waals surface area contributed by atoms with Crippen LogP contribution in [0.1, 0.15) is 22.8 Å². The molecule has 25 heteroatoms. The van der Waals surface area contributed by atoms with E-state index in [4.69, 9.17) is 5.73 Å². The van der Waals surface area contributed by atoms with Crippen molar-refractivity contribution < 1.29 is 43.5 Å². The van der Waals surface area contributed by atoms with Gasteiger partial charge in [0.2, 0.25) is 41.4 Å². The van der Waals surface area contributed by atoms with Gasteiger partial charge < -0.3 is 68.0 Å². The number of hydrogen-bond acceptors (Lipinski definition) is 13. The molecule has 4 heterocycles. The molecule has 4 aromatic heterocycles. The molecule has 0 spiro atoms. The van der Waals surface area contributed by atoms with Crippen LogP contribution < -0.4 is 43.0 Å². The highest BCUT2D eigenvalue weighted by atomic mass is 16.4. The summed E-state index contributed by atoms with van der Waals surface area (Å²) >= 11 is 0. The summed E-state index contributed by atoms with van der Waals surface area (Å²) in [6.45, 7) is -2.24. The van der Waals surface area contributed by atoms with Crippen molar-refractivity contribution in [1.29, 1.82) is 0 Å². The van der Waals surface area contributed by atoms with E-state index in [1.54, 1.807) is 0 Å². The quantitative estimate of drug-likeness (QED) is 0.0333. The van der Waals surface area contributed by atoms with Gasteiger partial charge in [0, 0.05) is 73.2 Å². The van der Waals surface area contributed by atoms with Gasteiger partial charge in [0.1, 0.15) is 24.2 Å². The number of nitrogens with one attached hydrogen (secondary N) is 11. The Hall–Kier alpha value is -7.44. The van der Waals surface area contributed by atoms with E-state index < -0.39 is 91.1 Å². The third kappa shape index (κ3) is 14.4. The van der Waals surface area contributed by atoms with E-state index in [9.17, 15) is 43.5 Å². The van der Waals surface area contributed by atoms with Crippen molar-refractivity contribution in [1.82, 2.24) is 77.1 Å². The number of nitrogens with zero attached hydrogens (tertiary/aromatic N) is 4. The third-order valence-electron chi connectivity index (χ3n) is 7.96. The fourth-order valence-electron chi connectivity index (χ4n) is 5.15. The summed E-state index contributed by atoms with van der Waals surface area (Å²) in [5.41, 5.74) is 7.25. The van der Waals surface area contributed by atoms with Crippen molar-refractivity contribution in [2.75, 3.05) is 26.2 Å². The number of hydrogen-bond donors (Lipinski definition) is 13. The van der Waals surface area contributed by atoms with Gasteiger partial charge in [-0.1, -0.05) is 0 Å². The van der Waals surface area contributed by atoms with Gasteiger partial charge in [-0.3, -0.25) is 33.6 Å². The SMILES string of the molecule is NCC(=O)NC(Cc1cnc[nH]1)C(=O)NCC(=O)NC(Cc1cnc[nH]1)C(=O)NCC(=O)NC(Cc1cnc[nH]1)C(=O)NCC(=O)NC(Cc1cnc[nH]1)C(=O)O. The minimum atomic E-state index is -1.32. The number of carbonyl (C=O) groups excluding carboxylic acids is 7. The fourth-order valence-corrected chi connectivity index (χ4v) is 5.15. The van der Waals surface area contributed by atoms with Gasteiger partial charge in [-0.15, -0.1) is 0 Å². The van der Waals surface area contributed by atoms with Crippen LogP contribution in [0.5, 0.6) is 0 Å². The molecule has 0 radical (unpaired) electrons. The molecular weight excluding hydrogens is 752 g/mol. The summed E-state index contributed by atoms with van der Waals surface area (Å²) in [4.78, 5) is 128. The molecule has 304 valence electrons. The van der Waals surface area contributed by atoms with Crippen molar-refractivity contribution >= 4 is 47.3 Å². The van der Waals surface area contributed by atoms with Gasteiger partial charge in [0.25, 0.3) is 0 Å². The zero-order valence-corrected chi connectivity index (χ0v) is 30.2. The normalized spacial score (nSPS) is 12.9. The monoisotopic (exact) mass is 794 g/mol. The molecule has 14 N–H and O–H groups in total. The highest BCUT2D eigenvalue weighted by molar-refractivity contribution is 5.95. The molecule has 4 aromatic rings. The lowest BCUT2D eigenvalue weighted by atomic mass is 10.1. The van der Waals surface area contributed by atoms with Crippen molar-refractivity contribution in [2.45, 2.75) is 49.9 Å². The number of aromatic amines is 4. The van der Waals surface area contributed by atoms with Gasteiger partial charge in [-0.05, 0) is 0 Å². The highest BCUT2D eigenvalue weighted by Crippen LogP contribution is 2.03. The fraction of sp³-hybridized carbons (Fsp3) is 0.375.